The molecule has 9 aliphatic rings. The van der Waals surface area contributed by atoms with Crippen molar-refractivity contribution in [2.75, 3.05) is 33.0 Å². The first kappa shape index (κ1) is 95.2. The third kappa shape index (κ3) is 21.8. The Hall–Kier alpha value is -2.44. The van der Waals surface area contributed by atoms with Crippen LogP contribution in [0.25, 0.3) is 0 Å². The number of ether oxygens (including phenoxy) is 20. The molecule has 0 amide bonds. The van der Waals surface area contributed by atoms with E-state index >= 15 is 0 Å². The van der Waals surface area contributed by atoms with Gasteiger partial charge >= 0.3 is 0 Å². The normalized spacial score (nSPS) is 47.5. The summed E-state index contributed by atoms with van der Waals surface area (Å²) in [7, 11) is 0. The van der Waals surface area contributed by atoms with E-state index in [0.717, 1.165) is 36.8 Å². The third-order valence-electron chi connectivity index (χ3n) is 30.9. The summed E-state index contributed by atoms with van der Waals surface area (Å²) in [6, 6.07) is 20.4. The van der Waals surface area contributed by atoms with E-state index in [2.05, 4.69) is 190 Å². The van der Waals surface area contributed by atoms with Crippen molar-refractivity contribution in [2.24, 2.45) is 118 Å². The Morgan fingerprint density at radius 1 is 0.256 bits per heavy atom. The minimum atomic E-state index is -1.31. The Balaban J connectivity index is 0.897. The maximum atomic E-state index is 13.6. The molecule has 0 radical (unpaired) electrons. The van der Waals surface area contributed by atoms with Gasteiger partial charge < -0.3 is 106 Å². The number of aliphatic hydroxyl groups excluding tert-OH is 1. The lowest BCUT2D eigenvalue weighted by molar-refractivity contribution is -0.386. The average molecular weight is 1650 g/mol. The van der Waals surface area contributed by atoms with Crippen molar-refractivity contribution in [2.45, 2.75) is 385 Å². The van der Waals surface area contributed by atoms with E-state index < -0.39 is 111 Å². The molecule has 0 aliphatic carbocycles. The molecule has 20 unspecified atom stereocenters. The van der Waals surface area contributed by atoms with E-state index in [0.29, 0.717) is 68.8 Å². The number of benzene rings is 2. The van der Waals surface area contributed by atoms with E-state index in [1.807, 2.05) is 43.3 Å². The summed E-state index contributed by atoms with van der Waals surface area (Å²) in [4.78, 5) is 0. The van der Waals surface area contributed by atoms with E-state index in [1.165, 1.54) is 0 Å². The number of nitrogens with two attached hydrogens (primary N) is 1. The smallest absolute Gasteiger partial charge is 0.186 e. The van der Waals surface area contributed by atoms with Crippen LogP contribution < -0.4 is 5.73 Å². The van der Waals surface area contributed by atoms with Gasteiger partial charge in [0.25, 0.3) is 0 Å². The number of rotatable bonds is 34. The Kier molecular flexibility index (Phi) is 35.5. The second kappa shape index (κ2) is 43.6. The first-order valence-corrected chi connectivity index (χ1v) is 46.3. The van der Waals surface area contributed by atoms with E-state index in [1.54, 1.807) is 0 Å². The highest BCUT2D eigenvalue weighted by molar-refractivity contribution is 5.15. The first-order valence-electron chi connectivity index (χ1n) is 46.3. The highest BCUT2D eigenvalue weighted by atomic mass is 16.8. The standard InChI is InChI=1S/C95H159NO21/c1-26-70-52(10)49(7)60(18)88(103-70)101-47-77-66(24)84(116-89-61(19)50(8)53(11)71(27-2)104-89)86(100-45-69-40-36-33-37-41-69)94(110-77)102-48-78-79(97)83(67(25)93(111-78)114-82-58(16)64(22)91(107-75(82)31-6)113-80-57(15)63(21)87(99-43-42-96)106-73(80)29-4)115-95-85(56(14)55(13)72(28-3)105-95)117-92-65(23)59(17)81(74(30-5)108-92)112-90-62(20)51(9)54(12)76(109-90)46-98-44-68-38-34-32-35-39-68/h32-41,49-67,70-95,97H,26-31,42-48,96H2,1-25H3/t49-,50?,51-,52-,53-,54+,55-,56?,57+,58+,59+,60?,61?,62?,63?,64?,65?,66+,67?,70?,71?,72?,73?,74?,75?,76?,77?,78?,79+,80-,81-,82-,83+,84-,85?,86?,87+,88-,89+,90-,91-,92-,93-,94-,95+/m0/s1. The Morgan fingerprint density at radius 3 is 1.06 bits per heavy atom. The highest BCUT2D eigenvalue weighted by Gasteiger charge is 2.58. The van der Waals surface area contributed by atoms with Gasteiger partial charge in [-0.2, -0.15) is 0 Å². The first-order chi connectivity index (χ1) is 56.0. The van der Waals surface area contributed by atoms with Gasteiger partial charge in [0.15, 0.2) is 56.6 Å². The van der Waals surface area contributed by atoms with Gasteiger partial charge in [-0.05, 0) is 115 Å². The van der Waals surface area contributed by atoms with Gasteiger partial charge in [-0.25, -0.2) is 0 Å². The van der Waals surface area contributed by atoms with Crippen molar-refractivity contribution in [3.63, 3.8) is 0 Å². The quantitative estimate of drug-likeness (QED) is 0.0663. The molecule has 45 atom stereocenters. The summed E-state index contributed by atoms with van der Waals surface area (Å²) in [5.41, 5.74) is 8.01. The fraction of sp³-hybridized carbons (Fsp3) is 0.874. The zero-order chi connectivity index (χ0) is 84.5. The second-order valence-electron chi connectivity index (χ2n) is 37.8. The fourth-order valence-corrected chi connectivity index (χ4v) is 20.4. The predicted octanol–water partition coefficient (Wildman–Crippen LogP) is 16.5. The molecule has 22 heteroatoms. The molecule has 0 bridgehead atoms. The zero-order valence-electron chi connectivity index (χ0n) is 76.1. The molecule has 9 fully saturated rings. The highest BCUT2D eigenvalue weighted by Crippen LogP contribution is 2.49. The van der Waals surface area contributed by atoms with Gasteiger partial charge in [-0.3, -0.25) is 0 Å². The molecule has 9 heterocycles. The SMILES string of the molecule is CCC1O[C@H](O[C@@H]2C(OCc3ccccc3)[C@@H](OCC3O[C@@H](O[C@@H]4C(CC)O[C@@H](O[C@@H]5C(CC)O[C@@H](OCCN)C(C)[C@H]5C)C(C)[C@H]4C)C(C)[C@@H](O[C@H]4OC(CC)[C@@H](C)C(C)C4O[C@@H]4OC(CC)[C@@H](O[C@@H]5OC(COCc6ccccc6)[C@H](C)[C@H](C)C5C)[C@H](C)C4C)[C@@H]3O)OC(CO[C@H]3OC(CC)[C@@H](C)[C@H](C)C3C)[C@H]2C)C(C)C(C)[C@@H]1C. The van der Waals surface area contributed by atoms with Crippen LogP contribution in [0, 0.1) is 112 Å². The van der Waals surface area contributed by atoms with Crippen molar-refractivity contribution in [3.05, 3.63) is 71.8 Å². The molecular formula is C95H159NO21. The maximum Gasteiger partial charge on any atom is 0.186 e. The van der Waals surface area contributed by atoms with Gasteiger partial charge in [0.05, 0.1) is 119 Å². The molecule has 117 heavy (non-hydrogen) atoms. The zero-order valence-corrected chi connectivity index (χ0v) is 76.1. The lowest BCUT2D eigenvalue weighted by Gasteiger charge is -2.53. The molecule has 9 saturated heterocycles. The topological polar surface area (TPSA) is 231 Å². The molecule has 0 spiro atoms. The Labute approximate surface area is 704 Å². The van der Waals surface area contributed by atoms with Crippen molar-refractivity contribution < 1.29 is 99.8 Å². The van der Waals surface area contributed by atoms with Crippen molar-refractivity contribution in [1.82, 2.24) is 0 Å². The van der Waals surface area contributed by atoms with E-state index in [9.17, 15) is 5.11 Å². The van der Waals surface area contributed by atoms with Crippen LogP contribution in [-0.4, -0.2) is 198 Å². The number of aliphatic hydroxyl groups is 1. The van der Waals surface area contributed by atoms with Crippen LogP contribution >= 0.6 is 0 Å². The molecule has 9 aliphatic heterocycles. The van der Waals surface area contributed by atoms with Crippen molar-refractivity contribution in [3.8, 4) is 0 Å². The van der Waals surface area contributed by atoms with Crippen LogP contribution in [-0.2, 0) is 108 Å². The summed E-state index contributed by atoms with van der Waals surface area (Å²) >= 11 is 0. The van der Waals surface area contributed by atoms with Crippen LogP contribution in [0.4, 0.5) is 0 Å². The minimum absolute atomic E-state index is 0.00667. The summed E-state index contributed by atoms with van der Waals surface area (Å²) in [5, 5.41) is 13.6. The molecule has 2 aromatic carbocycles. The predicted molar refractivity (Wildman–Crippen MR) is 447 cm³/mol. The molecule has 0 saturated carbocycles. The largest absolute Gasteiger partial charge is 0.388 e. The summed E-state index contributed by atoms with van der Waals surface area (Å²) in [5.74, 6) is 1.08. The molecular weight excluding hydrogens is 1490 g/mol. The maximum absolute atomic E-state index is 13.6. The van der Waals surface area contributed by atoms with Gasteiger partial charge in [0.2, 0.25) is 0 Å². The van der Waals surface area contributed by atoms with E-state index in [4.69, 9.17) is 100 Å². The monoisotopic (exact) mass is 1650 g/mol. The number of hydrogen-bond donors (Lipinski definition) is 2. The molecule has 22 nitrogen and oxygen atoms in total. The summed E-state index contributed by atoms with van der Waals surface area (Å²) in [6.07, 6.45) is -9.93. The molecule has 3 N–H and O–H groups in total. The molecule has 2 aromatic rings. The average Bonchev–Trinajstić information content (AvgIpc) is 0.767. The van der Waals surface area contributed by atoms with Crippen LogP contribution in [0.1, 0.15) is 223 Å². The van der Waals surface area contributed by atoms with Crippen LogP contribution in [0.2, 0.25) is 0 Å². The van der Waals surface area contributed by atoms with Crippen molar-refractivity contribution >= 4 is 0 Å². The third-order valence-corrected chi connectivity index (χ3v) is 30.9. The van der Waals surface area contributed by atoms with E-state index in [-0.39, 0.29) is 152 Å². The Morgan fingerprint density at radius 2 is 0.573 bits per heavy atom. The lowest BCUT2D eigenvalue weighted by atomic mass is 9.78. The van der Waals surface area contributed by atoms with Crippen molar-refractivity contribution in [1.29, 1.82) is 0 Å². The van der Waals surface area contributed by atoms with Gasteiger partial charge in [0, 0.05) is 53.9 Å². The van der Waals surface area contributed by atoms with Gasteiger partial charge in [0.1, 0.15) is 24.4 Å². The molecule has 670 valence electrons. The van der Waals surface area contributed by atoms with Crippen LogP contribution in [0.3, 0.4) is 0 Å². The van der Waals surface area contributed by atoms with Crippen LogP contribution in [0.15, 0.2) is 60.7 Å². The van der Waals surface area contributed by atoms with Gasteiger partial charge in [-0.15, -0.1) is 0 Å². The number of hydrogen-bond acceptors (Lipinski definition) is 22. The summed E-state index contributed by atoms with van der Waals surface area (Å²) < 4.78 is 142. The minimum Gasteiger partial charge on any atom is -0.388 e. The van der Waals surface area contributed by atoms with Gasteiger partial charge in [-0.1, -0.05) is 234 Å². The second-order valence-corrected chi connectivity index (χ2v) is 37.8. The fourth-order valence-electron chi connectivity index (χ4n) is 20.4. The summed E-state index contributed by atoms with van der Waals surface area (Å²) in [6.45, 7) is 57.3. The lowest BCUT2D eigenvalue weighted by Crippen LogP contribution is -2.63. The Bertz CT molecular complexity index is 3180. The van der Waals surface area contributed by atoms with Crippen LogP contribution in [0.5, 0.6) is 0 Å². The molecule has 11 rings (SSSR count). The molecule has 0 aromatic heterocycles.